The zero-order chi connectivity index (χ0) is 15.8. The molecule has 0 atom stereocenters. The molecule has 1 aliphatic rings. The van der Waals surface area contributed by atoms with Gasteiger partial charge in [-0.25, -0.2) is 0 Å². The van der Waals surface area contributed by atoms with Gasteiger partial charge in [0.05, 0.1) is 24.2 Å². The average Bonchev–Trinajstić information content (AvgIpc) is 2.85. The summed E-state index contributed by atoms with van der Waals surface area (Å²) < 4.78 is 5.30. The molecule has 0 radical (unpaired) electrons. The van der Waals surface area contributed by atoms with Crippen molar-refractivity contribution in [3.05, 3.63) is 59.8 Å². The molecule has 23 heavy (non-hydrogen) atoms. The van der Waals surface area contributed by atoms with Gasteiger partial charge < -0.3 is 15.0 Å². The topological polar surface area (TPSA) is 66.5 Å². The molecule has 1 aliphatic heterocycles. The van der Waals surface area contributed by atoms with Gasteiger partial charge in [-0.15, -0.1) is 0 Å². The number of rotatable bonds is 2. The fourth-order valence-electron chi connectivity index (χ4n) is 2.86. The predicted octanol–water partition coefficient (Wildman–Crippen LogP) is 2.97. The van der Waals surface area contributed by atoms with Gasteiger partial charge in [-0.2, -0.15) is 0 Å². The molecule has 4 rings (SSSR count). The second kappa shape index (κ2) is 5.28. The number of para-hydroxylation sites is 1. The molecular weight excluding hydrogens is 290 g/mol. The van der Waals surface area contributed by atoms with Gasteiger partial charge in [0, 0.05) is 16.5 Å². The molecule has 0 fully saturated rings. The summed E-state index contributed by atoms with van der Waals surface area (Å²) in [4.78, 5) is 19.9. The van der Waals surface area contributed by atoms with Crippen molar-refractivity contribution in [3.8, 4) is 5.75 Å². The van der Waals surface area contributed by atoms with Crippen LogP contribution in [0.15, 0.2) is 53.5 Å². The Morgan fingerprint density at radius 2 is 2.00 bits per heavy atom. The molecule has 5 heteroatoms. The van der Waals surface area contributed by atoms with E-state index in [-0.39, 0.29) is 12.5 Å². The van der Waals surface area contributed by atoms with E-state index in [0.29, 0.717) is 0 Å². The molecule has 0 spiro atoms. The monoisotopic (exact) mass is 305 g/mol. The van der Waals surface area contributed by atoms with Crippen molar-refractivity contribution >= 4 is 28.2 Å². The maximum absolute atomic E-state index is 12.0. The van der Waals surface area contributed by atoms with Crippen molar-refractivity contribution in [1.29, 1.82) is 0 Å². The van der Waals surface area contributed by atoms with Crippen molar-refractivity contribution in [1.82, 2.24) is 4.98 Å². The number of carbonyl (C=O) groups excluding carboxylic acids is 1. The summed E-state index contributed by atoms with van der Waals surface area (Å²) in [5, 5.41) is 3.94. The van der Waals surface area contributed by atoms with E-state index in [1.165, 1.54) is 0 Å². The number of carbonyl (C=O) groups is 1. The minimum Gasteiger partial charge on any atom is -0.497 e. The van der Waals surface area contributed by atoms with Gasteiger partial charge >= 0.3 is 0 Å². The van der Waals surface area contributed by atoms with Crippen molar-refractivity contribution in [2.24, 2.45) is 4.99 Å². The molecule has 2 N–H and O–H groups in total. The molecule has 0 unspecified atom stereocenters. The number of aromatic amines is 1. The zero-order valence-electron chi connectivity index (χ0n) is 12.6. The van der Waals surface area contributed by atoms with Crippen LogP contribution in [0.1, 0.15) is 11.3 Å². The standard InChI is InChI=1S/C18H15N3O2/c1-23-12-6-4-5-11(9-12)16-18-17(21-15(22)10-19-16)13-7-2-3-8-14(13)20-18/h2-9,20H,10H2,1H3,(H,21,22). The van der Waals surface area contributed by atoms with Crippen LogP contribution in [0.3, 0.4) is 0 Å². The highest BCUT2D eigenvalue weighted by Gasteiger charge is 2.22. The van der Waals surface area contributed by atoms with E-state index in [1.54, 1.807) is 7.11 Å². The molecular formula is C18H15N3O2. The second-order valence-corrected chi connectivity index (χ2v) is 5.37. The molecule has 2 aromatic carbocycles. The molecule has 5 nitrogen and oxygen atoms in total. The van der Waals surface area contributed by atoms with Crippen molar-refractivity contribution in [3.63, 3.8) is 0 Å². The number of anilines is 1. The van der Waals surface area contributed by atoms with E-state index in [0.717, 1.165) is 39.3 Å². The Labute approximate surface area is 133 Å². The zero-order valence-corrected chi connectivity index (χ0v) is 12.6. The molecule has 114 valence electrons. The van der Waals surface area contributed by atoms with Crippen LogP contribution in [0.5, 0.6) is 5.75 Å². The number of H-pyrrole nitrogens is 1. The molecule has 0 aliphatic carbocycles. The first-order chi connectivity index (χ1) is 11.3. The molecule has 0 saturated carbocycles. The lowest BCUT2D eigenvalue weighted by Gasteiger charge is -2.07. The van der Waals surface area contributed by atoms with Gasteiger partial charge in [0.1, 0.15) is 12.3 Å². The predicted molar refractivity (Wildman–Crippen MR) is 90.4 cm³/mol. The quantitative estimate of drug-likeness (QED) is 0.764. The Morgan fingerprint density at radius 1 is 1.13 bits per heavy atom. The number of benzene rings is 2. The first-order valence-electron chi connectivity index (χ1n) is 7.36. The van der Waals surface area contributed by atoms with E-state index in [4.69, 9.17) is 4.74 Å². The Morgan fingerprint density at radius 3 is 2.87 bits per heavy atom. The van der Waals surface area contributed by atoms with Gasteiger partial charge in [-0.3, -0.25) is 9.79 Å². The fourth-order valence-corrected chi connectivity index (χ4v) is 2.86. The molecule has 0 bridgehead atoms. The van der Waals surface area contributed by atoms with E-state index < -0.39 is 0 Å². The summed E-state index contributed by atoms with van der Waals surface area (Å²) in [6.45, 7) is 0.101. The number of aliphatic imine (C=N–C) groups is 1. The lowest BCUT2D eigenvalue weighted by molar-refractivity contribution is -0.114. The summed E-state index contributed by atoms with van der Waals surface area (Å²) in [6.07, 6.45) is 0. The van der Waals surface area contributed by atoms with Crippen LogP contribution in [0.2, 0.25) is 0 Å². The number of amides is 1. The van der Waals surface area contributed by atoms with E-state index in [1.807, 2.05) is 48.5 Å². The number of fused-ring (bicyclic) bond motifs is 3. The van der Waals surface area contributed by atoms with Crippen molar-refractivity contribution in [2.45, 2.75) is 0 Å². The van der Waals surface area contributed by atoms with E-state index in [2.05, 4.69) is 15.3 Å². The van der Waals surface area contributed by atoms with Gasteiger partial charge in [0.2, 0.25) is 5.91 Å². The highest BCUT2D eigenvalue weighted by molar-refractivity contribution is 6.22. The third-order valence-corrected chi connectivity index (χ3v) is 3.93. The maximum atomic E-state index is 12.0. The Bertz CT molecular complexity index is 940. The SMILES string of the molecule is COc1cccc(C2=NCC(=O)Nc3c2[nH]c2ccccc32)c1. The smallest absolute Gasteiger partial charge is 0.246 e. The van der Waals surface area contributed by atoms with Gasteiger partial charge in [-0.1, -0.05) is 30.3 Å². The van der Waals surface area contributed by atoms with Crippen molar-refractivity contribution in [2.75, 3.05) is 19.0 Å². The van der Waals surface area contributed by atoms with Gasteiger partial charge in [0.25, 0.3) is 0 Å². The van der Waals surface area contributed by atoms with Crippen molar-refractivity contribution < 1.29 is 9.53 Å². The van der Waals surface area contributed by atoms with Crippen LogP contribution < -0.4 is 10.1 Å². The third kappa shape index (κ3) is 2.26. The second-order valence-electron chi connectivity index (χ2n) is 5.37. The Hall–Kier alpha value is -3.08. The van der Waals surface area contributed by atoms with E-state index in [9.17, 15) is 4.79 Å². The highest BCUT2D eigenvalue weighted by atomic mass is 16.5. The minimum absolute atomic E-state index is 0.101. The molecule has 2 heterocycles. The fraction of sp³-hybridized carbons (Fsp3) is 0.111. The minimum atomic E-state index is -0.117. The van der Waals surface area contributed by atoms with Crippen LogP contribution in [-0.4, -0.2) is 30.3 Å². The summed E-state index contributed by atoms with van der Waals surface area (Å²) in [6, 6.07) is 15.6. The largest absolute Gasteiger partial charge is 0.497 e. The molecule has 1 aromatic heterocycles. The Balaban J connectivity index is 1.95. The van der Waals surface area contributed by atoms with Crippen LogP contribution in [0, 0.1) is 0 Å². The van der Waals surface area contributed by atoms with Crippen LogP contribution in [0.4, 0.5) is 5.69 Å². The number of ether oxygens (including phenoxy) is 1. The van der Waals surface area contributed by atoms with Gasteiger partial charge in [0.15, 0.2) is 0 Å². The van der Waals surface area contributed by atoms with E-state index >= 15 is 0 Å². The van der Waals surface area contributed by atoms with Crippen LogP contribution >= 0.6 is 0 Å². The number of hydrogen-bond donors (Lipinski definition) is 2. The van der Waals surface area contributed by atoms with Crippen LogP contribution in [-0.2, 0) is 4.79 Å². The summed E-state index contributed by atoms with van der Waals surface area (Å²) in [5.41, 5.74) is 4.24. The molecule has 3 aromatic rings. The molecule has 0 saturated heterocycles. The number of nitrogens with one attached hydrogen (secondary N) is 2. The first kappa shape index (κ1) is 13.6. The maximum Gasteiger partial charge on any atom is 0.246 e. The summed E-state index contributed by atoms with van der Waals surface area (Å²) in [5.74, 6) is 0.639. The number of hydrogen-bond acceptors (Lipinski definition) is 3. The summed E-state index contributed by atoms with van der Waals surface area (Å²) >= 11 is 0. The third-order valence-electron chi connectivity index (χ3n) is 3.93. The highest BCUT2D eigenvalue weighted by Crippen LogP contribution is 2.31. The number of aromatic nitrogens is 1. The summed E-state index contributed by atoms with van der Waals surface area (Å²) in [7, 11) is 1.63. The van der Waals surface area contributed by atoms with Crippen LogP contribution in [0.25, 0.3) is 10.9 Å². The molecule has 1 amide bonds. The number of methoxy groups -OCH3 is 1. The normalized spacial score (nSPS) is 14.0. The average molecular weight is 305 g/mol. The first-order valence-corrected chi connectivity index (χ1v) is 7.36. The van der Waals surface area contributed by atoms with Gasteiger partial charge in [-0.05, 0) is 18.2 Å². The lowest BCUT2D eigenvalue weighted by atomic mass is 10.1. The Kier molecular flexibility index (Phi) is 3.12. The lowest BCUT2D eigenvalue weighted by Crippen LogP contribution is -2.13. The number of nitrogens with zero attached hydrogens (tertiary/aromatic N) is 1.